The first-order chi connectivity index (χ1) is 9.67. The van der Waals surface area contributed by atoms with E-state index in [9.17, 15) is 4.79 Å². The van der Waals surface area contributed by atoms with Crippen molar-refractivity contribution in [1.29, 1.82) is 10.5 Å². The van der Waals surface area contributed by atoms with Crippen LogP contribution in [0.2, 0.25) is 0 Å². The van der Waals surface area contributed by atoms with Crippen molar-refractivity contribution < 1.29 is 4.79 Å². The molecule has 2 N–H and O–H groups in total. The van der Waals surface area contributed by atoms with E-state index in [-0.39, 0.29) is 24.5 Å². The second-order valence-corrected chi connectivity index (χ2v) is 4.91. The van der Waals surface area contributed by atoms with Gasteiger partial charge in [0.25, 0.3) is 0 Å². The first kappa shape index (κ1) is 15.8. The SMILES string of the molecule is N#CCCN(CCC#N)C(=O)CSc1ccc(N)cn1. The average Bonchev–Trinajstić information content (AvgIpc) is 2.46. The number of hydrogen-bond donors (Lipinski definition) is 1. The number of carbonyl (C=O) groups is 1. The lowest BCUT2D eigenvalue weighted by Gasteiger charge is -2.19. The Morgan fingerprint density at radius 3 is 2.45 bits per heavy atom. The van der Waals surface area contributed by atoms with Crippen molar-refractivity contribution in [2.45, 2.75) is 17.9 Å². The van der Waals surface area contributed by atoms with Crippen LogP contribution >= 0.6 is 11.8 Å². The van der Waals surface area contributed by atoms with Gasteiger partial charge in [0.2, 0.25) is 5.91 Å². The van der Waals surface area contributed by atoms with Gasteiger partial charge in [-0.1, -0.05) is 11.8 Å². The van der Waals surface area contributed by atoms with Gasteiger partial charge in [-0.05, 0) is 12.1 Å². The molecule has 0 atom stereocenters. The molecule has 0 aliphatic carbocycles. The van der Waals surface area contributed by atoms with Crippen LogP contribution in [0.3, 0.4) is 0 Å². The van der Waals surface area contributed by atoms with Crippen molar-refractivity contribution in [2.24, 2.45) is 0 Å². The van der Waals surface area contributed by atoms with Crippen LogP contribution in [-0.2, 0) is 4.79 Å². The zero-order valence-electron chi connectivity index (χ0n) is 11.0. The Labute approximate surface area is 122 Å². The normalized spacial score (nSPS) is 9.50. The van der Waals surface area contributed by atoms with E-state index in [4.69, 9.17) is 16.3 Å². The number of nitriles is 2. The lowest BCUT2D eigenvalue weighted by molar-refractivity contribution is -0.128. The molecule has 1 aromatic rings. The van der Waals surface area contributed by atoms with Gasteiger partial charge >= 0.3 is 0 Å². The highest BCUT2D eigenvalue weighted by molar-refractivity contribution is 7.99. The Morgan fingerprint density at radius 1 is 1.30 bits per heavy atom. The van der Waals surface area contributed by atoms with Gasteiger partial charge in [-0.15, -0.1) is 0 Å². The molecule has 1 aromatic heterocycles. The predicted molar refractivity (Wildman–Crippen MR) is 76.4 cm³/mol. The zero-order valence-corrected chi connectivity index (χ0v) is 11.8. The Kier molecular flexibility index (Phi) is 6.94. The molecule has 6 nitrogen and oxygen atoms in total. The van der Waals surface area contributed by atoms with E-state index in [1.165, 1.54) is 22.9 Å². The zero-order chi connectivity index (χ0) is 14.8. The van der Waals surface area contributed by atoms with Gasteiger partial charge < -0.3 is 10.6 Å². The van der Waals surface area contributed by atoms with E-state index >= 15 is 0 Å². The third-order valence-corrected chi connectivity index (χ3v) is 3.37. The largest absolute Gasteiger partial charge is 0.397 e. The van der Waals surface area contributed by atoms with Crippen LogP contribution in [0.15, 0.2) is 23.4 Å². The van der Waals surface area contributed by atoms with Crippen molar-refractivity contribution in [2.75, 3.05) is 24.6 Å². The molecule has 0 spiro atoms. The molecule has 20 heavy (non-hydrogen) atoms. The van der Waals surface area contributed by atoms with Crippen LogP contribution in [0, 0.1) is 22.7 Å². The summed E-state index contributed by atoms with van der Waals surface area (Å²) in [6.07, 6.45) is 2.07. The van der Waals surface area contributed by atoms with Crippen LogP contribution in [0.5, 0.6) is 0 Å². The quantitative estimate of drug-likeness (QED) is 0.760. The van der Waals surface area contributed by atoms with Crippen molar-refractivity contribution in [3.8, 4) is 12.1 Å². The molecule has 0 radical (unpaired) electrons. The summed E-state index contributed by atoms with van der Waals surface area (Å²) in [5.74, 6) is 0.132. The highest BCUT2D eigenvalue weighted by atomic mass is 32.2. The summed E-state index contributed by atoms with van der Waals surface area (Å²) in [7, 11) is 0. The highest BCUT2D eigenvalue weighted by Crippen LogP contribution is 2.16. The molecule has 1 rings (SSSR count). The second kappa shape index (κ2) is 8.78. The number of rotatable bonds is 7. The summed E-state index contributed by atoms with van der Waals surface area (Å²) in [5, 5.41) is 17.9. The summed E-state index contributed by atoms with van der Waals surface area (Å²) in [4.78, 5) is 17.7. The summed E-state index contributed by atoms with van der Waals surface area (Å²) < 4.78 is 0. The minimum atomic E-state index is -0.0980. The highest BCUT2D eigenvalue weighted by Gasteiger charge is 2.13. The fourth-order valence-corrected chi connectivity index (χ4v) is 2.18. The van der Waals surface area contributed by atoms with Crippen LogP contribution in [-0.4, -0.2) is 34.6 Å². The first-order valence-corrected chi connectivity index (χ1v) is 7.02. The minimum absolute atomic E-state index is 0.0980. The van der Waals surface area contributed by atoms with E-state index < -0.39 is 0 Å². The second-order valence-electron chi connectivity index (χ2n) is 3.92. The van der Waals surface area contributed by atoms with E-state index in [1.807, 2.05) is 12.1 Å². The maximum absolute atomic E-state index is 12.0. The van der Waals surface area contributed by atoms with Gasteiger partial charge in [-0.3, -0.25) is 4.79 Å². The number of nitrogens with two attached hydrogens (primary N) is 1. The van der Waals surface area contributed by atoms with Gasteiger partial charge in [-0.25, -0.2) is 4.98 Å². The number of amides is 1. The smallest absolute Gasteiger partial charge is 0.233 e. The average molecular weight is 289 g/mol. The molecule has 1 amide bonds. The molecular weight excluding hydrogens is 274 g/mol. The fraction of sp³-hybridized carbons (Fsp3) is 0.385. The molecule has 1 heterocycles. The number of thioether (sulfide) groups is 1. The van der Waals surface area contributed by atoms with Crippen LogP contribution in [0.25, 0.3) is 0 Å². The van der Waals surface area contributed by atoms with Crippen molar-refractivity contribution >= 4 is 23.4 Å². The summed E-state index contributed by atoms with van der Waals surface area (Å²) >= 11 is 1.31. The van der Waals surface area contributed by atoms with E-state index in [0.29, 0.717) is 23.8 Å². The Bertz CT molecular complexity index is 499. The van der Waals surface area contributed by atoms with Crippen molar-refractivity contribution in [3.05, 3.63) is 18.3 Å². The van der Waals surface area contributed by atoms with Gasteiger partial charge in [0.05, 0.1) is 47.6 Å². The maximum Gasteiger partial charge on any atom is 0.233 e. The molecule has 0 aromatic carbocycles. The number of pyridine rings is 1. The Hall–Kier alpha value is -2.25. The first-order valence-electron chi connectivity index (χ1n) is 6.03. The number of nitrogens with zero attached hydrogens (tertiary/aromatic N) is 4. The Morgan fingerprint density at radius 2 is 1.95 bits per heavy atom. The summed E-state index contributed by atoms with van der Waals surface area (Å²) in [5.41, 5.74) is 6.11. The molecule has 0 aliphatic heterocycles. The van der Waals surface area contributed by atoms with Crippen LogP contribution < -0.4 is 5.73 Å². The van der Waals surface area contributed by atoms with Gasteiger partial charge in [0.15, 0.2) is 0 Å². The Balaban J connectivity index is 2.50. The lowest BCUT2D eigenvalue weighted by Crippen LogP contribution is -2.34. The van der Waals surface area contributed by atoms with Gasteiger partial charge in [0, 0.05) is 13.1 Å². The van der Waals surface area contributed by atoms with Crippen molar-refractivity contribution in [1.82, 2.24) is 9.88 Å². The number of hydrogen-bond acceptors (Lipinski definition) is 6. The van der Waals surface area contributed by atoms with E-state index in [1.54, 1.807) is 12.1 Å². The standard InChI is InChI=1S/C13H15N5OS/c14-5-1-7-18(8-2-6-15)13(19)10-20-12-4-3-11(16)9-17-12/h3-4,9H,1-2,7-8,10,16H2. The molecule has 0 saturated heterocycles. The summed E-state index contributed by atoms with van der Waals surface area (Å²) in [6.45, 7) is 0.708. The molecule has 0 fully saturated rings. The van der Waals surface area contributed by atoms with Gasteiger partial charge in [-0.2, -0.15) is 10.5 Å². The molecule has 0 aliphatic rings. The number of aromatic nitrogens is 1. The third-order valence-electron chi connectivity index (χ3n) is 2.44. The number of carbonyl (C=O) groups excluding carboxylic acids is 1. The molecule has 104 valence electrons. The molecule has 7 heteroatoms. The van der Waals surface area contributed by atoms with E-state index in [0.717, 1.165) is 0 Å². The molecule has 0 saturated carbocycles. The van der Waals surface area contributed by atoms with Crippen LogP contribution in [0.4, 0.5) is 5.69 Å². The van der Waals surface area contributed by atoms with Gasteiger partial charge in [0.1, 0.15) is 0 Å². The lowest BCUT2D eigenvalue weighted by atomic mass is 10.3. The number of nitrogen functional groups attached to an aromatic ring is 1. The monoisotopic (exact) mass is 289 g/mol. The molecule has 0 bridgehead atoms. The summed E-state index contributed by atoms with van der Waals surface area (Å²) in [6, 6.07) is 7.48. The predicted octanol–water partition coefficient (Wildman–Crippen LogP) is 1.41. The van der Waals surface area contributed by atoms with E-state index in [2.05, 4.69) is 4.98 Å². The van der Waals surface area contributed by atoms with Crippen LogP contribution in [0.1, 0.15) is 12.8 Å². The maximum atomic E-state index is 12.0. The third kappa shape index (κ3) is 5.59. The topological polar surface area (TPSA) is 107 Å². The molecule has 0 unspecified atom stereocenters. The van der Waals surface area contributed by atoms with Crippen molar-refractivity contribution in [3.63, 3.8) is 0 Å². The fourth-order valence-electron chi connectivity index (χ4n) is 1.44. The number of anilines is 1. The molecular formula is C13H15N5OS. The minimum Gasteiger partial charge on any atom is -0.397 e.